The quantitative estimate of drug-likeness (QED) is 0.618. The van der Waals surface area contributed by atoms with Crippen molar-refractivity contribution in [2.24, 2.45) is 0 Å². The van der Waals surface area contributed by atoms with Gasteiger partial charge < -0.3 is 14.8 Å². The van der Waals surface area contributed by atoms with E-state index in [2.05, 4.69) is 10.3 Å². The molecule has 0 aliphatic rings. The van der Waals surface area contributed by atoms with E-state index in [-0.39, 0.29) is 11.5 Å². The fourth-order valence-electron chi connectivity index (χ4n) is 3.13. The van der Waals surface area contributed by atoms with Crippen molar-refractivity contribution in [3.05, 3.63) is 53.9 Å². The van der Waals surface area contributed by atoms with Gasteiger partial charge in [0, 0.05) is 26.0 Å². The van der Waals surface area contributed by atoms with Crippen LogP contribution < -0.4 is 10.2 Å². The monoisotopic (exact) mass is 454 g/mol. The largest absolute Gasteiger partial charge is 0.418 e. The van der Waals surface area contributed by atoms with Crippen molar-refractivity contribution in [1.29, 1.82) is 0 Å². The number of halogens is 3. The van der Waals surface area contributed by atoms with Gasteiger partial charge in [-0.2, -0.15) is 13.2 Å². The molecule has 7 nitrogen and oxygen atoms in total. The van der Waals surface area contributed by atoms with Crippen LogP contribution in [0.1, 0.15) is 11.4 Å². The van der Waals surface area contributed by atoms with Crippen LogP contribution in [0.25, 0.3) is 11.0 Å². The number of para-hydroxylation sites is 2. The highest BCUT2D eigenvalue weighted by atomic mass is 32.2. The van der Waals surface area contributed by atoms with Crippen molar-refractivity contribution in [1.82, 2.24) is 9.55 Å². The number of rotatable bonds is 6. The number of carbonyl (C=O) groups excluding carboxylic acids is 1. The normalized spacial score (nSPS) is 12.2. The summed E-state index contributed by atoms with van der Waals surface area (Å²) in [7, 11) is -0.225. The molecule has 31 heavy (non-hydrogen) atoms. The smallest absolute Gasteiger partial charge is 0.378 e. The molecule has 0 aliphatic heterocycles. The lowest BCUT2D eigenvalue weighted by molar-refractivity contribution is -0.136. The summed E-state index contributed by atoms with van der Waals surface area (Å²) >= 11 is 0. The zero-order valence-electron chi connectivity index (χ0n) is 17.1. The van der Waals surface area contributed by atoms with E-state index in [0.717, 1.165) is 12.3 Å². The predicted molar refractivity (Wildman–Crippen MR) is 113 cm³/mol. The first kappa shape index (κ1) is 22.6. The van der Waals surface area contributed by atoms with Crippen LogP contribution in [0.3, 0.4) is 0 Å². The number of aromatic nitrogens is 2. The maximum absolute atomic E-state index is 13.5. The maximum atomic E-state index is 13.5. The Labute approximate surface area is 177 Å². The SMILES string of the molecule is CN(C)c1ccc(NC(=O)Cn2c(CS(C)(=O)=O)nc3ccccc32)c(C(F)(F)F)c1. The van der Waals surface area contributed by atoms with Gasteiger partial charge in [-0.05, 0) is 30.3 Å². The average molecular weight is 454 g/mol. The second kappa shape index (κ2) is 8.22. The van der Waals surface area contributed by atoms with Crippen LogP contribution in [-0.4, -0.2) is 44.2 Å². The summed E-state index contributed by atoms with van der Waals surface area (Å²) in [5, 5.41) is 2.30. The van der Waals surface area contributed by atoms with Gasteiger partial charge in [-0.1, -0.05) is 12.1 Å². The number of imidazole rings is 1. The molecule has 1 aromatic heterocycles. The summed E-state index contributed by atoms with van der Waals surface area (Å²) in [6.07, 6.45) is -3.63. The predicted octanol–water partition coefficient (Wildman–Crippen LogP) is 3.30. The number of hydrogen-bond acceptors (Lipinski definition) is 5. The van der Waals surface area contributed by atoms with E-state index in [9.17, 15) is 26.4 Å². The van der Waals surface area contributed by atoms with Gasteiger partial charge in [-0.15, -0.1) is 0 Å². The molecule has 1 amide bonds. The van der Waals surface area contributed by atoms with Gasteiger partial charge in [0.2, 0.25) is 5.91 Å². The molecule has 1 N–H and O–H groups in total. The number of benzene rings is 2. The van der Waals surface area contributed by atoms with Crippen molar-refractivity contribution in [2.75, 3.05) is 30.6 Å². The molecule has 0 saturated carbocycles. The molecular weight excluding hydrogens is 433 g/mol. The molecule has 0 saturated heterocycles. The van der Waals surface area contributed by atoms with Crippen molar-refractivity contribution in [2.45, 2.75) is 18.5 Å². The lowest BCUT2D eigenvalue weighted by atomic mass is 10.1. The molecule has 11 heteroatoms. The lowest BCUT2D eigenvalue weighted by Gasteiger charge is -2.19. The third kappa shape index (κ3) is 5.35. The highest BCUT2D eigenvalue weighted by molar-refractivity contribution is 7.89. The van der Waals surface area contributed by atoms with Crippen LogP contribution in [0.2, 0.25) is 0 Å². The number of alkyl halides is 3. The number of anilines is 2. The third-order valence-corrected chi connectivity index (χ3v) is 5.31. The highest BCUT2D eigenvalue weighted by Crippen LogP contribution is 2.37. The van der Waals surface area contributed by atoms with E-state index in [1.54, 1.807) is 38.4 Å². The van der Waals surface area contributed by atoms with Gasteiger partial charge in [0.25, 0.3) is 0 Å². The van der Waals surface area contributed by atoms with Crippen molar-refractivity contribution >= 4 is 38.2 Å². The molecule has 166 valence electrons. The number of hydrogen-bond donors (Lipinski definition) is 1. The lowest BCUT2D eigenvalue weighted by Crippen LogP contribution is -2.23. The third-order valence-electron chi connectivity index (χ3n) is 4.53. The number of nitrogens with one attached hydrogen (secondary N) is 1. The maximum Gasteiger partial charge on any atom is 0.418 e. The van der Waals surface area contributed by atoms with E-state index < -0.39 is 39.8 Å². The summed E-state index contributed by atoms with van der Waals surface area (Å²) < 4.78 is 65.5. The van der Waals surface area contributed by atoms with Crippen molar-refractivity contribution in [3.8, 4) is 0 Å². The molecule has 0 fully saturated rings. The van der Waals surface area contributed by atoms with Crippen LogP contribution in [0, 0.1) is 0 Å². The first-order valence-electron chi connectivity index (χ1n) is 9.15. The summed E-state index contributed by atoms with van der Waals surface area (Å²) in [5.41, 5.74) is -0.0204. The molecule has 0 bridgehead atoms. The molecule has 3 aromatic rings. The summed E-state index contributed by atoms with van der Waals surface area (Å²) in [6, 6.07) is 10.4. The standard InChI is InChI=1S/C20H21F3N4O3S/c1-26(2)13-8-9-15(14(10-13)20(21,22)23)25-19(28)11-27-17-7-5-4-6-16(17)24-18(27)12-31(3,29)30/h4-10H,11-12H2,1-3H3,(H,25,28). The summed E-state index contributed by atoms with van der Waals surface area (Å²) in [6.45, 7) is -0.391. The Morgan fingerprint density at radius 1 is 1.16 bits per heavy atom. The molecule has 0 spiro atoms. The van der Waals surface area contributed by atoms with Crippen LogP contribution >= 0.6 is 0 Å². The van der Waals surface area contributed by atoms with Gasteiger partial charge in [-0.3, -0.25) is 4.79 Å². The number of sulfone groups is 1. The number of nitrogens with zero attached hydrogens (tertiary/aromatic N) is 3. The molecule has 0 unspecified atom stereocenters. The van der Waals surface area contributed by atoms with Gasteiger partial charge >= 0.3 is 6.18 Å². The Kier molecular flexibility index (Phi) is 5.99. The Hall–Kier alpha value is -3.08. The van der Waals surface area contributed by atoms with E-state index in [1.165, 1.54) is 21.6 Å². The van der Waals surface area contributed by atoms with Gasteiger partial charge in [-0.25, -0.2) is 13.4 Å². The van der Waals surface area contributed by atoms with Gasteiger partial charge in [0.15, 0.2) is 9.84 Å². The molecule has 1 heterocycles. The number of fused-ring (bicyclic) bond motifs is 1. The molecule has 2 aromatic carbocycles. The minimum atomic E-state index is -4.67. The Bertz CT molecular complexity index is 1230. The van der Waals surface area contributed by atoms with Crippen molar-refractivity contribution in [3.63, 3.8) is 0 Å². The minimum absolute atomic E-state index is 0.137. The first-order chi connectivity index (χ1) is 14.3. The second-order valence-corrected chi connectivity index (χ2v) is 9.48. The van der Waals surface area contributed by atoms with Crippen molar-refractivity contribution < 1.29 is 26.4 Å². The summed E-state index contributed by atoms with van der Waals surface area (Å²) in [5.74, 6) is -1.00. The Morgan fingerprint density at radius 3 is 2.45 bits per heavy atom. The van der Waals surface area contributed by atoms with E-state index in [4.69, 9.17) is 0 Å². The number of carbonyl (C=O) groups is 1. The zero-order chi connectivity index (χ0) is 23.0. The molecule has 0 atom stereocenters. The van der Waals surface area contributed by atoms with Crippen LogP contribution in [0.15, 0.2) is 42.5 Å². The Balaban J connectivity index is 1.95. The van der Waals surface area contributed by atoms with E-state index >= 15 is 0 Å². The highest BCUT2D eigenvalue weighted by Gasteiger charge is 2.34. The van der Waals surface area contributed by atoms with Crippen LogP contribution in [-0.2, 0) is 33.1 Å². The van der Waals surface area contributed by atoms with Gasteiger partial charge in [0.1, 0.15) is 18.1 Å². The van der Waals surface area contributed by atoms with Crippen LogP contribution in [0.4, 0.5) is 24.5 Å². The Morgan fingerprint density at radius 2 is 1.84 bits per heavy atom. The summed E-state index contributed by atoms with van der Waals surface area (Å²) in [4.78, 5) is 18.4. The molecule has 0 radical (unpaired) electrons. The topological polar surface area (TPSA) is 84.3 Å². The fourth-order valence-corrected chi connectivity index (χ4v) is 3.82. The van der Waals surface area contributed by atoms with Gasteiger partial charge in [0.05, 0.1) is 22.3 Å². The van der Waals surface area contributed by atoms with Crippen LogP contribution in [0.5, 0.6) is 0 Å². The minimum Gasteiger partial charge on any atom is -0.378 e. The first-order valence-corrected chi connectivity index (χ1v) is 11.2. The second-order valence-electron chi connectivity index (χ2n) is 7.34. The zero-order valence-corrected chi connectivity index (χ0v) is 17.9. The fraction of sp³-hybridized carbons (Fsp3) is 0.300. The molecule has 3 rings (SSSR count). The average Bonchev–Trinajstić information content (AvgIpc) is 2.96. The van der Waals surface area contributed by atoms with E-state index in [1.807, 2.05) is 0 Å². The van der Waals surface area contributed by atoms with E-state index in [0.29, 0.717) is 16.7 Å². The molecule has 0 aliphatic carbocycles. The number of amides is 1. The molecular formula is C20H21F3N4O3S.